The van der Waals surface area contributed by atoms with Crippen LogP contribution in [0.15, 0.2) is 30.3 Å². The van der Waals surface area contributed by atoms with Crippen molar-refractivity contribution in [2.45, 2.75) is 44.8 Å². The second-order valence-corrected chi connectivity index (χ2v) is 9.46. The van der Waals surface area contributed by atoms with Gasteiger partial charge in [-0.2, -0.15) is 0 Å². The van der Waals surface area contributed by atoms with E-state index >= 15 is 0 Å². The van der Waals surface area contributed by atoms with Gasteiger partial charge in [0.1, 0.15) is 0 Å². The molecule has 4 atom stereocenters. The van der Waals surface area contributed by atoms with E-state index in [1.165, 1.54) is 7.11 Å². The van der Waals surface area contributed by atoms with Crippen LogP contribution >= 0.6 is 0 Å². The predicted octanol–water partition coefficient (Wildman–Crippen LogP) is 2.49. The molecule has 2 aliphatic heterocycles. The zero-order chi connectivity index (χ0) is 25.0. The molecular weight excluding hydrogens is 448 g/mol. The molecule has 35 heavy (non-hydrogen) atoms. The van der Waals surface area contributed by atoms with Crippen molar-refractivity contribution in [1.82, 2.24) is 21.1 Å². The number of hydrazine groups is 1. The summed E-state index contributed by atoms with van der Waals surface area (Å²) in [5.74, 6) is 0.479. The summed E-state index contributed by atoms with van der Waals surface area (Å²) in [6.45, 7) is 5.88. The molecule has 0 aromatic heterocycles. The van der Waals surface area contributed by atoms with Crippen molar-refractivity contribution in [3.8, 4) is 0 Å². The third-order valence-corrected chi connectivity index (χ3v) is 7.15. The number of carbonyl (C=O) groups is 2. The Labute approximate surface area is 209 Å². The number of amides is 2. The molecule has 2 aliphatic rings. The van der Waals surface area contributed by atoms with E-state index in [1.54, 1.807) is 0 Å². The lowest BCUT2D eigenvalue weighted by Crippen LogP contribution is -2.54. The molecule has 196 valence electrons. The van der Waals surface area contributed by atoms with Crippen molar-refractivity contribution in [3.63, 3.8) is 0 Å². The normalized spacial score (nSPS) is 22.7. The first-order chi connectivity index (χ1) is 17.0. The highest BCUT2D eigenvalue weighted by Gasteiger charge is 2.40. The van der Waals surface area contributed by atoms with Gasteiger partial charge in [-0.1, -0.05) is 30.3 Å². The van der Waals surface area contributed by atoms with Gasteiger partial charge in [0.05, 0.1) is 19.8 Å². The lowest BCUT2D eigenvalue weighted by Gasteiger charge is -2.41. The van der Waals surface area contributed by atoms with Gasteiger partial charge in [0.15, 0.2) is 0 Å². The number of alkyl carbamates (subject to hydrolysis) is 1. The van der Waals surface area contributed by atoms with Crippen molar-refractivity contribution in [1.29, 1.82) is 0 Å². The van der Waals surface area contributed by atoms with Crippen LogP contribution in [0.5, 0.6) is 0 Å². The zero-order valence-corrected chi connectivity index (χ0v) is 21.3. The Kier molecular flexibility index (Phi) is 11.3. The molecule has 0 bridgehead atoms. The SMILES string of the molecule is CNN(C(=O)C1CCNC[C@@H]1[C@@H](OCCNC(=O)OC)c1ccccc1)[C@@H](C)CC1CCOCC1. The minimum atomic E-state index is -0.486. The number of hydrogen-bond donors (Lipinski definition) is 3. The number of piperidine rings is 1. The fraction of sp³-hybridized carbons (Fsp3) is 0.692. The van der Waals surface area contributed by atoms with Crippen molar-refractivity contribution in [2.75, 3.05) is 53.6 Å². The number of hydrogen-bond acceptors (Lipinski definition) is 7. The second-order valence-electron chi connectivity index (χ2n) is 9.46. The third-order valence-electron chi connectivity index (χ3n) is 7.15. The predicted molar refractivity (Wildman–Crippen MR) is 134 cm³/mol. The van der Waals surface area contributed by atoms with Crippen molar-refractivity contribution < 1.29 is 23.8 Å². The van der Waals surface area contributed by atoms with Crippen LogP contribution < -0.4 is 16.1 Å². The van der Waals surface area contributed by atoms with Gasteiger partial charge in [-0.05, 0) is 50.6 Å². The first-order valence-corrected chi connectivity index (χ1v) is 12.8. The summed E-state index contributed by atoms with van der Waals surface area (Å²) in [7, 11) is 3.17. The molecule has 2 fully saturated rings. The zero-order valence-electron chi connectivity index (χ0n) is 21.3. The van der Waals surface area contributed by atoms with E-state index in [0.717, 1.165) is 51.0 Å². The highest BCUT2D eigenvalue weighted by molar-refractivity contribution is 5.79. The molecule has 0 saturated carbocycles. The topological polar surface area (TPSA) is 101 Å². The molecule has 0 spiro atoms. The summed E-state index contributed by atoms with van der Waals surface area (Å²) in [4.78, 5) is 25.3. The van der Waals surface area contributed by atoms with Crippen LogP contribution in [0.3, 0.4) is 0 Å². The fourth-order valence-corrected chi connectivity index (χ4v) is 5.32. The number of nitrogens with zero attached hydrogens (tertiary/aromatic N) is 1. The summed E-state index contributed by atoms with van der Waals surface area (Å²) in [5, 5.41) is 7.96. The molecule has 2 amide bonds. The first-order valence-electron chi connectivity index (χ1n) is 12.8. The summed E-state index contributed by atoms with van der Waals surface area (Å²) in [5.41, 5.74) is 4.22. The lowest BCUT2D eigenvalue weighted by atomic mass is 9.79. The van der Waals surface area contributed by atoms with Gasteiger partial charge in [-0.25, -0.2) is 10.2 Å². The molecular formula is C26H42N4O5. The van der Waals surface area contributed by atoms with Crippen LogP contribution in [0.25, 0.3) is 0 Å². The molecule has 0 radical (unpaired) electrons. The Morgan fingerprint density at radius 2 is 1.94 bits per heavy atom. The van der Waals surface area contributed by atoms with E-state index in [1.807, 2.05) is 42.4 Å². The van der Waals surface area contributed by atoms with Crippen molar-refractivity contribution in [3.05, 3.63) is 35.9 Å². The van der Waals surface area contributed by atoms with Gasteiger partial charge in [-0.3, -0.25) is 9.80 Å². The Morgan fingerprint density at radius 1 is 1.20 bits per heavy atom. The maximum atomic E-state index is 13.9. The third kappa shape index (κ3) is 7.90. The molecule has 9 nitrogen and oxygen atoms in total. The smallest absolute Gasteiger partial charge is 0.406 e. The van der Waals surface area contributed by atoms with E-state index in [-0.39, 0.29) is 29.9 Å². The summed E-state index contributed by atoms with van der Waals surface area (Å²) in [6, 6.07) is 10.1. The molecule has 1 aromatic rings. The number of rotatable bonds is 11. The van der Waals surface area contributed by atoms with Gasteiger partial charge in [-0.15, -0.1) is 0 Å². The molecule has 1 aromatic carbocycles. The highest BCUT2D eigenvalue weighted by Crippen LogP contribution is 2.36. The standard InChI is InChI=1S/C26H42N4O5/c1-19(17-20-10-14-34-15-11-20)30(27-2)25(31)22-9-12-28-18-23(22)24(21-7-5-4-6-8-21)35-16-13-29-26(32)33-3/h4-8,19-20,22-24,27-28H,9-18H2,1-3H3,(H,29,32)/t19-,22?,23-,24-/m0/s1. The van der Waals surface area contributed by atoms with Crippen molar-refractivity contribution >= 4 is 12.0 Å². The van der Waals surface area contributed by atoms with Gasteiger partial charge in [0.2, 0.25) is 5.91 Å². The lowest BCUT2D eigenvalue weighted by molar-refractivity contribution is -0.147. The van der Waals surface area contributed by atoms with Crippen LogP contribution in [0.4, 0.5) is 4.79 Å². The molecule has 2 heterocycles. The largest absolute Gasteiger partial charge is 0.453 e. The highest BCUT2D eigenvalue weighted by atomic mass is 16.5. The molecule has 9 heteroatoms. The van der Waals surface area contributed by atoms with Crippen LogP contribution in [0.2, 0.25) is 0 Å². The van der Waals surface area contributed by atoms with Crippen molar-refractivity contribution in [2.24, 2.45) is 17.8 Å². The molecule has 1 unspecified atom stereocenters. The average molecular weight is 491 g/mol. The molecule has 3 N–H and O–H groups in total. The maximum Gasteiger partial charge on any atom is 0.406 e. The van der Waals surface area contributed by atoms with Gasteiger partial charge < -0.3 is 24.8 Å². The Morgan fingerprint density at radius 3 is 2.63 bits per heavy atom. The fourth-order valence-electron chi connectivity index (χ4n) is 5.32. The monoisotopic (exact) mass is 490 g/mol. The summed E-state index contributed by atoms with van der Waals surface area (Å²) in [6.07, 6.45) is 3.05. The minimum absolute atomic E-state index is 0.0390. The number of carbonyl (C=O) groups excluding carboxylic acids is 2. The van der Waals surface area contributed by atoms with E-state index in [4.69, 9.17) is 9.47 Å². The minimum Gasteiger partial charge on any atom is -0.453 e. The summed E-state index contributed by atoms with van der Waals surface area (Å²) >= 11 is 0. The van der Waals surface area contributed by atoms with Crippen LogP contribution in [0.1, 0.15) is 44.3 Å². The molecule has 3 rings (SSSR count). The van der Waals surface area contributed by atoms with Crippen LogP contribution in [-0.2, 0) is 19.0 Å². The van der Waals surface area contributed by atoms with E-state index in [0.29, 0.717) is 25.6 Å². The number of benzene rings is 1. The van der Waals surface area contributed by atoms with E-state index in [9.17, 15) is 9.59 Å². The van der Waals surface area contributed by atoms with E-state index < -0.39 is 6.09 Å². The maximum absolute atomic E-state index is 13.9. The summed E-state index contributed by atoms with van der Waals surface area (Å²) < 4.78 is 16.5. The van der Waals surface area contributed by atoms with Gasteiger partial charge in [0.25, 0.3) is 0 Å². The first kappa shape index (κ1) is 27.4. The quantitative estimate of drug-likeness (QED) is 0.324. The average Bonchev–Trinajstić information content (AvgIpc) is 2.90. The van der Waals surface area contributed by atoms with Crippen LogP contribution in [-0.4, -0.2) is 76.7 Å². The Hall–Kier alpha value is -2.20. The Balaban J connectivity index is 1.72. The number of nitrogens with one attached hydrogen (secondary N) is 3. The molecule has 0 aliphatic carbocycles. The molecule has 2 saturated heterocycles. The van der Waals surface area contributed by atoms with Gasteiger partial charge >= 0.3 is 6.09 Å². The second kappa shape index (κ2) is 14.4. The van der Waals surface area contributed by atoms with Gasteiger partial charge in [0, 0.05) is 51.2 Å². The number of methoxy groups -OCH3 is 1. The van der Waals surface area contributed by atoms with Crippen LogP contribution in [0, 0.1) is 17.8 Å². The van der Waals surface area contributed by atoms with E-state index in [2.05, 4.69) is 27.7 Å². The number of ether oxygens (including phenoxy) is 3. The Bertz CT molecular complexity index is 774.